The lowest BCUT2D eigenvalue weighted by Gasteiger charge is -2.05. The molecule has 0 aromatic heterocycles. The third kappa shape index (κ3) is 6.60. The average Bonchev–Trinajstić information content (AvgIpc) is 2.39. The number of nitrogens with one attached hydrogen (secondary N) is 1. The quantitative estimate of drug-likeness (QED) is 0.706. The van der Waals surface area contributed by atoms with Crippen LogP contribution in [0.4, 0.5) is 0 Å². The predicted molar refractivity (Wildman–Crippen MR) is 74.0 cm³/mol. The van der Waals surface area contributed by atoms with Gasteiger partial charge in [0.15, 0.2) is 0 Å². The molecular formula is C15H21NO3. The van der Waals surface area contributed by atoms with Crippen molar-refractivity contribution in [1.29, 1.82) is 0 Å². The molecule has 0 atom stereocenters. The van der Waals surface area contributed by atoms with Gasteiger partial charge in [0.05, 0.1) is 6.42 Å². The van der Waals surface area contributed by atoms with Gasteiger partial charge in [-0.2, -0.15) is 0 Å². The number of hydrogen-bond acceptors (Lipinski definition) is 2. The normalized spacial score (nSPS) is 10.2. The highest BCUT2D eigenvalue weighted by molar-refractivity contribution is 5.78. The Morgan fingerprint density at radius 3 is 2.32 bits per heavy atom. The van der Waals surface area contributed by atoms with Gasteiger partial charge >= 0.3 is 5.97 Å². The summed E-state index contributed by atoms with van der Waals surface area (Å²) >= 11 is 0. The zero-order valence-electron chi connectivity index (χ0n) is 11.3. The third-order valence-electron chi connectivity index (χ3n) is 2.94. The maximum atomic E-state index is 11.6. The molecule has 0 heterocycles. The topological polar surface area (TPSA) is 66.4 Å². The number of aryl methyl sites for hydroxylation is 1. The van der Waals surface area contributed by atoms with Crippen LogP contribution in [0, 0.1) is 0 Å². The molecule has 1 rings (SSSR count). The number of carboxylic acids is 1. The summed E-state index contributed by atoms with van der Waals surface area (Å²) in [5.41, 5.74) is 2.26. The van der Waals surface area contributed by atoms with Crippen molar-refractivity contribution in [3.8, 4) is 0 Å². The van der Waals surface area contributed by atoms with Gasteiger partial charge in [0.2, 0.25) is 5.91 Å². The predicted octanol–water partition coefficient (Wildman–Crippen LogP) is 2.16. The number of aliphatic carboxylic acids is 1. The van der Waals surface area contributed by atoms with Crippen LogP contribution in [-0.2, 0) is 22.4 Å². The Balaban J connectivity index is 2.21. The average molecular weight is 263 g/mol. The number of rotatable bonds is 8. The van der Waals surface area contributed by atoms with E-state index >= 15 is 0 Å². The van der Waals surface area contributed by atoms with Gasteiger partial charge in [-0.05, 0) is 30.4 Å². The zero-order valence-corrected chi connectivity index (χ0v) is 11.3. The van der Waals surface area contributed by atoms with E-state index in [-0.39, 0.29) is 12.3 Å². The van der Waals surface area contributed by atoms with Crippen molar-refractivity contribution >= 4 is 11.9 Å². The van der Waals surface area contributed by atoms with Crippen LogP contribution < -0.4 is 5.32 Å². The van der Waals surface area contributed by atoms with Crippen LogP contribution in [0.3, 0.4) is 0 Å². The van der Waals surface area contributed by atoms with Crippen molar-refractivity contribution in [2.45, 2.75) is 39.0 Å². The molecule has 0 saturated heterocycles. The summed E-state index contributed by atoms with van der Waals surface area (Å²) < 4.78 is 0. The first kappa shape index (κ1) is 15.2. The number of amides is 1. The first-order valence-corrected chi connectivity index (χ1v) is 6.68. The van der Waals surface area contributed by atoms with Gasteiger partial charge in [0.25, 0.3) is 0 Å². The fraction of sp³-hybridized carbons (Fsp3) is 0.467. The minimum atomic E-state index is -0.789. The second-order valence-corrected chi connectivity index (χ2v) is 4.55. The van der Waals surface area contributed by atoms with Crippen molar-refractivity contribution in [3.05, 3.63) is 35.4 Å². The molecule has 0 spiro atoms. The lowest BCUT2D eigenvalue weighted by atomic mass is 10.1. The van der Waals surface area contributed by atoms with Gasteiger partial charge in [-0.15, -0.1) is 0 Å². The molecule has 0 fully saturated rings. The third-order valence-corrected chi connectivity index (χ3v) is 2.94. The molecule has 0 aliphatic rings. The summed E-state index contributed by atoms with van der Waals surface area (Å²) in [6.45, 7) is 2.64. The van der Waals surface area contributed by atoms with Gasteiger partial charge < -0.3 is 10.4 Å². The maximum absolute atomic E-state index is 11.6. The Morgan fingerprint density at radius 1 is 1.11 bits per heavy atom. The lowest BCUT2D eigenvalue weighted by Crippen LogP contribution is -2.26. The van der Waals surface area contributed by atoms with Crippen molar-refractivity contribution in [3.63, 3.8) is 0 Å². The molecule has 0 aliphatic heterocycles. The first-order valence-electron chi connectivity index (χ1n) is 6.68. The molecule has 0 aliphatic carbocycles. The summed E-state index contributed by atoms with van der Waals surface area (Å²) in [6, 6.07) is 8.02. The Morgan fingerprint density at radius 2 is 1.74 bits per heavy atom. The van der Waals surface area contributed by atoms with Gasteiger partial charge in [-0.1, -0.05) is 31.2 Å². The number of carbonyl (C=O) groups excluding carboxylic acids is 1. The molecule has 2 N–H and O–H groups in total. The van der Waals surface area contributed by atoms with Crippen molar-refractivity contribution in [1.82, 2.24) is 5.32 Å². The van der Waals surface area contributed by atoms with Crippen molar-refractivity contribution in [2.75, 3.05) is 6.54 Å². The minimum absolute atomic E-state index is 0.0143. The second-order valence-electron chi connectivity index (χ2n) is 4.55. The lowest BCUT2D eigenvalue weighted by molar-refractivity contribution is -0.137. The summed E-state index contributed by atoms with van der Waals surface area (Å²) in [5, 5.41) is 11.3. The van der Waals surface area contributed by atoms with Crippen LogP contribution in [0.1, 0.15) is 37.3 Å². The van der Waals surface area contributed by atoms with Crippen molar-refractivity contribution in [2.24, 2.45) is 0 Å². The molecule has 4 heteroatoms. The van der Waals surface area contributed by atoms with E-state index < -0.39 is 5.97 Å². The van der Waals surface area contributed by atoms with Crippen LogP contribution in [0.25, 0.3) is 0 Å². The first-order chi connectivity index (χ1) is 9.11. The van der Waals surface area contributed by atoms with Gasteiger partial charge in [-0.25, -0.2) is 0 Å². The molecule has 0 bridgehead atoms. The number of hydrogen-bond donors (Lipinski definition) is 2. The standard InChI is InChI=1S/C15H21NO3/c1-2-12-6-8-13(9-7-12)11-14(17)16-10-4-3-5-15(18)19/h6-9H,2-5,10-11H2,1H3,(H,16,17)(H,18,19). The molecule has 0 radical (unpaired) electrons. The van der Waals surface area contributed by atoms with E-state index in [4.69, 9.17) is 5.11 Å². The second kappa shape index (κ2) is 8.29. The zero-order chi connectivity index (χ0) is 14.1. The van der Waals surface area contributed by atoms with E-state index in [1.54, 1.807) is 0 Å². The highest BCUT2D eigenvalue weighted by atomic mass is 16.4. The molecule has 0 unspecified atom stereocenters. The van der Waals surface area contributed by atoms with Gasteiger partial charge in [0.1, 0.15) is 0 Å². The van der Waals surface area contributed by atoms with Crippen LogP contribution in [-0.4, -0.2) is 23.5 Å². The Bertz CT molecular complexity index is 412. The van der Waals surface area contributed by atoms with E-state index in [0.717, 1.165) is 12.0 Å². The van der Waals surface area contributed by atoms with E-state index in [9.17, 15) is 9.59 Å². The molecule has 1 aromatic rings. The van der Waals surface area contributed by atoms with Crippen molar-refractivity contribution < 1.29 is 14.7 Å². The fourth-order valence-electron chi connectivity index (χ4n) is 1.77. The van der Waals surface area contributed by atoms with E-state index in [2.05, 4.69) is 12.2 Å². The number of carbonyl (C=O) groups is 2. The van der Waals surface area contributed by atoms with Gasteiger partial charge in [-0.3, -0.25) is 9.59 Å². The van der Waals surface area contributed by atoms with E-state index in [1.165, 1.54) is 5.56 Å². The Kier molecular flexibility index (Phi) is 6.64. The summed E-state index contributed by atoms with van der Waals surface area (Å²) in [7, 11) is 0. The molecule has 4 nitrogen and oxygen atoms in total. The minimum Gasteiger partial charge on any atom is -0.481 e. The fourth-order valence-corrected chi connectivity index (χ4v) is 1.77. The summed E-state index contributed by atoms with van der Waals surface area (Å²) in [4.78, 5) is 21.9. The van der Waals surface area contributed by atoms with Crippen LogP contribution in [0.2, 0.25) is 0 Å². The molecular weight excluding hydrogens is 242 g/mol. The smallest absolute Gasteiger partial charge is 0.303 e. The van der Waals surface area contributed by atoms with Crippen LogP contribution in [0.15, 0.2) is 24.3 Å². The maximum Gasteiger partial charge on any atom is 0.303 e. The number of benzene rings is 1. The molecule has 1 aromatic carbocycles. The van der Waals surface area contributed by atoms with Gasteiger partial charge in [0, 0.05) is 13.0 Å². The highest BCUT2D eigenvalue weighted by Gasteiger charge is 2.03. The van der Waals surface area contributed by atoms with E-state index in [0.29, 0.717) is 25.8 Å². The number of carboxylic acid groups (broad SMARTS) is 1. The molecule has 104 valence electrons. The van der Waals surface area contributed by atoms with Crippen LogP contribution >= 0.6 is 0 Å². The molecule has 0 saturated carbocycles. The SMILES string of the molecule is CCc1ccc(CC(=O)NCCCCC(=O)O)cc1. The molecule has 19 heavy (non-hydrogen) atoms. The molecule has 1 amide bonds. The summed E-state index contributed by atoms with van der Waals surface area (Å²) in [6.07, 6.45) is 2.83. The Hall–Kier alpha value is -1.84. The van der Waals surface area contributed by atoms with Crippen LogP contribution in [0.5, 0.6) is 0 Å². The Labute approximate surface area is 113 Å². The number of unbranched alkanes of at least 4 members (excludes halogenated alkanes) is 1. The highest BCUT2D eigenvalue weighted by Crippen LogP contribution is 2.05. The summed E-state index contributed by atoms with van der Waals surface area (Å²) in [5.74, 6) is -0.804. The monoisotopic (exact) mass is 263 g/mol. The largest absolute Gasteiger partial charge is 0.481 e. The van der Waals surface area contributed by atoms with E-state index in [1.807, 2.05) is 24.3 Å².